The normalized spacial score (nSPS) is 12.6. The van der Waals surface area contributed by atoms with Gasteiger partial charge < -0.3 is 5.32 Å². The van der Waals surface area contributed by atoms with Crippen molar-refractivity contribution >= 4 is 0 Å². The van der Waals surface area contributed by atoms with Crippen LogP contribution in [-0.4, -0.2) is 6.54 Å². The number of hydrogen-bond donors (Lipinski definition) is 1. The van der Waals surface area contributed by atoms with Gasteiger partial charge in [0.25, 0.3) is 0 Å². The van der Waals surface area contributed by atoms with Crippen molar-refractivity contribution in [3.8, 4) is 0 Å². The number of hydrogen-bond acceptors (Lipinski definition) is 1. The van der Waals surface area contributed by atoms with Gasteiger partial charge in [0.2, 0.25) is 0 Å². The molecule has 1 N–H and O–H groups in total. The summed E-state index contributed by atoms with van der Waals surface area (Å²) >= 11 is 0. The standard InChI is InChI=1S/C18H29F2N/c1-3-5-6-7-8-9-10-18(21-11-4-2)15-12-16(19)14-17(20)13-15/h12-14,18,21H,3-11H2,1-2H3. The summed E-state index contributed by atoms with van der Waals surface area (Å²) in [7, 11) is 0. The van der Waals surface area contributed by atoms with Gasteiger partial charge in [0, 0.05) is 12.1 Å². The van der Waals surface area contributed by atoms with Crippen LogP contribution in [0.15, 0.2) is 18.2 Å². The Labute approximate surface area is 128 Å². The first-order valence-corrected chi connectivity index (χ1v) is 8.36. The van der Waals surface area contributed by atoms with Gasteiger partial charge in [-0.3, -0.25) is 0 Å². The van der Waals surface area contributed by atoms with Crippen molar-refractivity contribution in [3.05, 3.63) is 35.4 Å². The molecule has 1 atom stereocenters. The third-order valence-electron chi connectivity index (χ3n) is 3.77. The van der Waals surface area contributed by atoms with Crippen molar-refractivity contribution in [2.24, 2.45) is 0 Å². The van der Waals surface area contributed by atoms with E-state index in [2.05, 4.69) is 19.2 Å². The van der Waals surface area contributed by atoms with Gasteiger partial charge in [0.1, 0.15) is 11.6 Å². The average Bonchev–Trinajstić information content (AvgIpc) is 2.44. The first-order valence-electron chi connectivity index (χ1n) is 8.36. The first kappa shape index (κ1) is 18.1. The van der Waals surface area contributed by atoms with Gasteiger partial charge in [0.05, 0.1) is 0 Å². The molecule has 0 saturated carbocycles. The molecule has 1 aromatic rings. The van der Waals surface area contributed by atoms with E-state index >= 15 is 0 Å². The molecule has 0 bridgehead atoms. The Balaban J connectivity index is 2.50. The molecule has 0 aromatic heterocycles. The number of unbranched alkanes of at least 4 members (excludes halogenated alkanes) is 5. The largest absolute Gasteiger partial charge is 0.310 e. The summed E-state index contributed by atoms with van der Waals surface area (Å²) in [5.41, 5.74) is 0.731. The molecule has 0 aliphatic heterocycles. The first-order chi connectivity index (χ1) is 10.2. The number of halogens is 2. The second-order valence-corrected chi connectivity index (χ2v) is 5.77. The highest BCUT2D eigenvalue weighted by molar-refractivity contribution is 5.21. The highest BCUT2D eigenvalue weighted by Gasteiger charge is 2.12. The lowest BCUT2D eigenvalue weighted by atomic mass is 9.99. The van der Waals surface area contributed by atoms with Crippen LogP contribution in [0.1, 0.15) is 76.8 Å². The fraction of sp³-hybridized carbons (Fsp3) is 0.667. The molecular weight excluding hydrogens is 268 g/mol. The van der Waals surface area contributed by atoms with E-state index < -0.39 is 11.6 Å². The van der Waals surface area contributed by atoms with Crippen LogP contribution in [0.5, 0.6) is 0 Å². The molecule has 1 unspecified atom stereocenters. The summed E-state index contributed by atoms with van der Waals surface area (Å²) in [5, 5.41) is 3.41. The third-order valence-corrected chi connectivity index (χ3v) is 3.77. The minimum absolute atomic E-state index is 0.0568. The van der Waals surface area contributed by atoms with Crippen molar-refractivity contribution in [2.45, 2.75) is 71.3 Å². The van der Waals surface area contributed by atoms with E-state index in [4.69, 9.17) is 0 Å². The second kappa shape index (κ2) is 10.7. The molecule has 0 fully saturated rings. The highest BCUT2D eigenvalue weighted by atomic mass is 19.1. The molecule has 0 spiro atoms. The van der Waals surface area contributed by atoms with Gasteiger partial charge >= 0.3 is 0 Å². The fourth-order valence-electron chi connectivity index (χ4n) is 2.61. The van der Waals surface area contributed by atoms with Crippen LogP contribution < -0.4 is 5.32 Å². The fourth-order valence-corrected chi connectivity index (χ4v) is 2.61. The summed E-state index contributed by atoms with van der Waals surface area (Å²) in [6, 6.07) is 3.90. The van der Waals surface area contributed by atoms with Crippen LogP contribution in [0.3, 0.4) is 0 Å². The molecule has 21 heavy (non-hydrogen) atoms. The van der Waals surface area contributed by atoms with Crippen LogP contribution in [0.25, 0.3) is 0 Å². The quantitative estimate of drug-likeness (QED) is 0.512. The monoisotopic (exact) mass is 297 g/mol. The van der Waals surface area contributed by atoms with Crippen LogP contribution >= 0.6 is 0 Å². The molecule has 0 amide bonds. The smallest absolute Gasteiger partial charge is 0.126 e. The summed E-state index contributed by atoms with van der Waals surface area (Å²) in [6.45, 7) is 5.18. The maximum atomic E-state index is 13.4. The van der Waals surface area contributed by atoms with Gasteiger partial charge in [-0.2, -0.15) is 0 Å². The Hall–Kier alpha value is -0.960. The number of rotatable bonds is 11. The molecule has 120 valence electrons. The van der Waals surface area contributed by atoms with E-state index in [1.54, 1.807) is 0 Å². The zero-order valence-electron chi connectivity index (χ0n) is 13.4. The molecule has 1 rings (SSSR count). The summed E-state index contributed by atoms with van der Waals surface area (Å²) in [6.07, 6.45) is 9.35. The van der Waals surface area contributed by atoms with Crippen molar-refractivity contribution in [3.63, 3.8) is 0 Å². The summed E-state index contributed by atoms with van der Waals surface area (Å²) in [4.78, 5) is 0. The molecule has 0 aliphatic carbocycles. The zero-order chi connectivity index (χ0) is 15.5. The molecule has 3 heteroatoms. The lowest BCUT2D eigenvalue weighted by molar-refractivity contribution is 0.461. The average molecular weight is 297 g/mol. The Bertz CT molecular complexity index is 373. The lowest BCUT2D eigenvalue weighted by Crippen LogP contribution is -2.22. The second-order valence-electron chi connectivity index (χ2n) is 5.77. The van der Waals surface area contributed by atoms with Gasteiger partial charge in [-0.25, -0.2) is 8.78 Å². The molecule has 0 saturated heterocycles. The minimum atomic E-state index is -0.490. The Morgan fingerprint density at radius 3 is 2.10 bits per heavy atom. The predicted octanol–water partition coefficient (Wildman–Crippen LogP) is 5.76. The Kier molecular flexibility index (Phi) is 9.24. The molecule has 0 aliphatic rings. The van der Waals surface area contributed by atoms with Crippen molar-refractivity contribution in [2.75, 3.05) is 6.54 Å². The van der Waals surface area contributed by atoms with E-state index in [0.717, 1.165) is 37.4 Å². The molecule has 0 radical (unpaired) electrons. The van der Waals surface area contributed by atoms with E-state index in [1.165, 1.54) is 44.2 Å². The molecule has 1 nitrogen and oxygen atoms in total. The van der Waals surface area contributed by atoms with Crippen LogP contribution in [-0.2, 0) is 0 Å². The SMILES string of the molecule is CCCCCCCCC(NCCC)c1cc(F)cc(F)c1. The predicted molar refractivity (Wildman–Crippen MR) is 85.4 cm³/mol. The van der Waals surface area contributed by atoms with E-state index in [-0.39, 0.29) is 6.04 Å². The summed E-state index contributed by atoms with van der Waals surface area (Å²) in [5.74, 6) is -0.979. The van der Waals surface area contributed by atoms with E-state index in [0.29, 0.717) is 0 Å². The Morgan fingerprint density at radius 1 is 0.857 bits per heavy atom. The minimum Gasteiger partial charge on any atom is -0.310 e. The maximum Gasteiger partial charge on any atom is 0.126 e. The Morgan fingerprint density at radius 2 is 1.48 bits per heavy atom. The van der Waals surface area contributed by atoms with Gasteiger partial charge in [0.15, 0.2) is 0 Å². The van der Waals surface area contributed by atoms with Gasteiger partial charge in [-0.05, 0) is 37.1 Å². The third kappa shape index (κ3) is 7.56. The van der Waals surface area contributed by atoms with Crippen molar-refractivity contribution in [1.82, 2.24) is 5.32 Å². The molecular formula is C18H29F2N. The van der Waals surface area contributed by atoms with E-state index in [9.17, 15) is 8.78 Å². The number of nitrogens with one attached hydrogen (secondary N) is 1. The van der Waals surface area contributed by atoms with Crippen molar-refractivity contribution in [1.29, 1.82) is 0 Å². The van der Waals surface area contributed by atoms with Crippen LogP contribution in [0.2, 0.25) is 0 Å². The van der Waals surface area contributed by atoms with Crippen LogP contribution in [0.4, 0.5) is 8.78 Å². The zero-order valence-corrected chi connectivity index (χ0v) is 13.4. The molecule has 1 aromatic carbocycles. The van der Waals surface area contributed by atoms with Crippen LogP contribution in [0, 0.1) is 11.6 Å². The highest BCUT2D eigenvalue weighted by Crippen LogP contribution is 2.22. The number of benzene rings is 1. The van der Waals surface area contributed by atoms with E-state index in [1.807, 2.05) is 0 Å². The molecule has 0 heterocycles. The van der Waals surface area contributed by atoms with Gasteiger partial charge in [-0.1, -0.05) is 52.4 Å². The lowest BCUT2D eigenvalue weighted by Gasteiger charge is -2.19. The van der Waals surface area contributed by atoms with Gasteiger partial charge in [-0.15, -0.1) is 0 Å². The maximum absolute atomic E-state index is 13.4. The van der Waals surface area contributed by atoms with Crippen molar-refractivity contribution < 1.29 is 8.78 Å². The topological polar surface area (TPSA) is 12.0 Å². The summed E-state index contributed by atoms with van der Waals surface area (Å²) < 4.78 is 26.7.